The monoisotopic (exact) mass is 420 g/mol. The summed E-state index contributed by atoms with van der Waals surface area (Å²) >= 11 is 4.88. The highest BCUT2D eigenvalue weighted by atomic mass is 79.9. The van der Waals surface area contributed by atoms with Gasteiger partial charge < -0.3 is 10.1 Å². The fourth-order valence-electron chi connectivity index (χ4n) is 2.92. The molecule has 0 radical (unpaired) electrons. The maximum atomic E-state index is 12.6. The number of halogens is 4. The summed E-state index contributed by atoms with van der Waals surface area (Å²) in [6.45, 7) is 3.39. The van der Waals surface area contributed by atoms with Crippen molar-refractivity contribution >= 4 is 27.3 Å². The van der Waals surface area contributed by atoms with E-state index in [2.05, 4.69) is 30.9 Å². The quantitative estimate of drug-likeness (QED) is 0.792. The van der Waals surface area contributed by atoms with Gasteiger partial charge in [0.15, 0.2) is 0 Å². The SMILES string of the molecule is FC(F)(F)Oc1cc(Br)cc([C@H](c2ccsc2)N2CCNCC2)c1. The summed E-state index contributed by atoms with van der Waals surface area (Å²) in [6, 6.07) is 6.59. The highest BCUT2D eigenvalue weighted by Crippen LogP contribution is 2.35. The van der Waals surface area contributed by atoms with Crippen molar-refractivity contribution in [1.29, 1.82) is 0 Å². The molecule has 1 N–H and O–H groups in total. The molecule has 1 saturated heterocycles. The Bertz CT molecular complexity index is 672. The molecule has 0 amide bonds. The molecule has 1 atom stereocenters. The van der Waals surface area contributed by atoms with Gasteiger partial charge in [0.25, 0.3) is 0 Å². The number of rotatable bonds is 4. The molecule has 0 unspecified atom stereocenters. The highest BCUT2D eigenvalue weighted by molar-refractivity contribution is 9.10. The molecule has 1 aromatic heterocycles. The summed E-state index contributed by atoms with van der Waals surface area (Å²) in [5.74, 6) is -0.206. The lowest BCUT2D eigenvalue weighted by Gasteiger charge is -2.35. The minimum absolute atomic E-state index is 0.0913. The second kappa shape index (κ2) is 7.43. The molecule has 0 aliphatic carbocycles. The Hall–Kier alpha value is -1.09. The van der Waals surface area contributed by atoms with Crippen LogP contribution >= 0.6 is 27.3 Å². The number of benzene rings is 1. The van der Waals surface area contributed by atoms with E-state index in [9.17, 15) is 13.2 Å². The van der Waals surface area contributed by atoms with E-state index >= 15 is 0 Å². The Morgan fingerprint density at radius 1 is 1.17 bits per heavy atom. The Balaban J connectivity index is 1.97. The predicted octanol–water partition coefficient (Wildman–Crippen LogP) is 4.40. The predicted molar refractivity (Wildman–Crippen MR) is 91.4 cm³/mol. The molecule has 2 aromatic rings. The molecule has 0 spiro atoms. The van der Waals surface area contributed by atoms with Crippen molar-refractivity contribution in [1.82, 2.24) is 10.2 Å². The first-order valence-corrected chi connectivity index (χ1v) is 9.19. The molecular formula is C16H16BrF3N2OS. The van der Waals surface area contributed by atoms with Gasteiger partial charge in [0.05, 0.1) is 6.04 Å². The van der Waals surface area contributed by atoms with Gasteiger partial charge in [0.1, 0.15) is 5.75 Å². The number of nitrogens with zero attached hydrogens (tertiary/aromatic N) is 1. The summed E-state index contributed by atoms with van der Waals surface area (Å²) < 4.78 is 42.4. The fourth-order valence-corrected chi connectivity index (χ4v) is 4.09. The van der Waals surface area contributed by atoms with Crippen LogP contribution in [0.1, 0.15) is 17.2 Å². The highest BCUT2D eigenvalue weighted by Gasteiger charge is 2.32. The van der Waals surface area contributed by atoms with Crippen molar-refractivity contribution in [2.24, 2.45) is 0 Å². The zero-order chi connectivity index (χ0) is 17.2. The van der Waals surface area contributed by atoms with Crippen LogP contribution in [0, 0.1) is 0 Å². The lowest BCUT2D eigenvalue weighted by atomic mass is 9.98. The van der Waals surface area contributed by atoms with Gasteiger partial charge in [-0.3, -0.25) is 4.90 Å². The van der Waals surface area contributed by atoms with Crippen molar-refractivity contribution in [3.63, 3.8) is 0 Å². The van der Waals surface area contributed by atoms with Gasteiger partial charge in [-0.05, 0) is 46.2 Å². The summed E-state index contributed by atoms with van der Waals surface area (Å²) in [7, 11) is 0. The zero-order valence-corrected chi connectivity index (χ0v) is 15.0. The van der Waals surface area contributed by atoms with E-state index in [1.54, 1.807) is 11.3 Å². The van der Waals surface area contributed by atoms with E-state index in [0.717, 1.165) is 37.3 Å². The number of thiophene rings is 1. The third kappa shape index (κ3) is 4.50. The maximum absolute atomic E-state index is 12.6. The van der Waals surface area contributed by atoms with Gasteiger partial charge in [0.2, 0.25) is 0 Å². The molecule has 1 aromatic carbocycles. The molecule has 24 heavy (non-hydrogen) atoms. The molecule has 0 bridgehead atoms. The van der Waals surface area contributed by atoms with Crippen LogP contribution < -0.4 is 10.1 Å². The first kappa shape index (κ1) is 17.7. The minimum atomic E-state index is -4.70. The normalized spacial score (nSPS) is 17.7. The van der Waals surface area contributed by atoms with Crippen LogP contribution in [-0.2, 0) is 0 Å². The van der Waals surface area contributed by atoms with E-state index < -0.39 is 6.36 Å². The van der Waals surface area contributed by atoms with E-state index in [-0.39, 0.29) is 11.8 Å². The summed E-state index contributed by atoms with van der Waals surface area (Å²) in [5, 5.41) is 7.32. The second-order valence-electron chi connectivity index (χ2n) is 5.51. The van der Waals surface area contributed by atoms with E-state index in [0.29, 0.717) is 4.47 Å². The molecule has 2 heterocycles. The molecular weight excluding hydrogens is 405 g/mol. The summed E-state index contributed by atoms with van der Waals surface area (Å²) in [4.78, 5) is 2.28. The van der Waals surface area contributed by atoms with Crippen molar-refractivity contribution in [2.45, 2.75) is 12.4 Å². The topological polar surface area (TPSA) is 24.5 Å². The standard InChI is InChI=1S/C16H16BrF3N2OS/c17-13-7-12(8-14(9-13)23-16(18,19)20)15(11-1-6-24-10-11)22-4-2-21-3-5-22/h1,6-10,15,21H,2-5H2/t15-/m0/s1. The molecule has 8 heteroatoms. The number of nitrogens with one attached hydrogen (secondary N) is 1. The molecule has 0 saturated carbocycles. The summed E-state index contributed by atoms with van der Waals surface area (Å²) in [5.41, 5.74) is 1.86. The first-order valence-electron chi connectivity index (χ1n) is 7.45. The van der Waals surface area contributed by atoms with Gasteiger partial charge >= 0.3 is 6.36 Å². The molecule has 1 aliphatic rings. The van der Waals surface area contributed by atoms with Crippen LogP contribution in [0.3, 0.4) is 0 Å². The van der Waals surface area contributed by atoms with Crippen LogP contribution in [0.4, 0.5) is 13.2 Å². The average molecular weight is 421 g/mol. The van der Waals surface area contributed by atoms with E-state index in [1.807, 2.05) is 22.9 Å². The molecule has 130 valence electrons. The van der Waals surface area contributed by atoms with Crippen molar-refractivity contribution in [3.05, 3.63) is 50.6 Å². The second-order valence-corrected chi connectivity index (χ2v) is 7.21. The smallest absolute Gasteiger partial charge is 0.406 e. The van der Waals surface area contributed by atoms with Gasteiger partial charge in [-0.15, -0.1) is 13.2 Å². The molecule has 3 rings (SSSR count). The van der Waals surface area contributed by atoms with E-state index in [4.69, 9.17) is 0 Å². The van der Waals surface area contributed by atoms with Gasteiger partial charge in [-0.1, -0.05) is 15.9 Å². The van der Waals surface area contributed by atoms with Gasteiger partial charge in [-0.2, -0.15) is 11.3 Å². The number of alkyl halides is 3. The van der Waals surface area contributed by atoms with Crippen molar-refractivity contribution in [2.75, 3.05) is 26.2 Å². The number of hydrogen-bond donors (Lipinski definition) is 1. The van der Waals surface area contributed by atoms with Crippen LogP contribution in [0.2, 0.25) is 0 Å². The van der Waals surface area contributed by atoms with Crippen LogP contribution in [-0.4, -0.2) is 37.4 Å². The lowest BCUT2D eigenvalue weighted by Crippen LogP contribution is -2.45. The third-order valence-electron chi connectivity index (χ3n) is 3.82. The lowest BCUT2D eigenvalue weighted by molar-refractivity contribution is -0.274. The van der Waals surface area contributed by atoms with Crippen molar-refractivity contribution < 1.29 is 17.9 Å². The van der Waals surface area contributed by atoms with Crippen LogP contribution in [0.15, 0.2) is 39.5 Å². The van der Waals surface area contributed by atoms with E-state index in [1.165, 1.54) is 12.1 Å². The van der Waals surface area contributed by atoms with Crippen molar-refractivity contribution in [3.8, 4) is 5.75 Å². The van der Waals surface area contributed by atoms with Crippen LogP contribution in [0.25, 0.3) is 0 Å². The Morgan fingerprint density at radius 2 is 1.92 bits per heavy atom. The minimum Gasteiger partial charge on any atom is -0.406 e. The van der Waals surface area contributed by atoms with Gasteiger partial charge in [0, 0.05) is 30.7 Å². The summed E-state index contributed by atoms with van der Waals surface area (Å²) in [6.07, 6.45) is -4.70. The Labute approximate surface area is 150 Å². The molecule has 1 fully saturated rings. The largest absolute Gasteiger partial charge is 0.573 e. The Morgan fingerprint density at radius 3 is 2.54 bits per heavy atom. The average Bonchev–Trinajstić information content (AvgIpc) is 3.00. The van der Waals surface area contributed by atoms with Crippen LogP contribution in [0.5, 0.6) is 5.75 Å². The maximum Gasteiger partial charge on any atom is 0.573 e. The first-order chi connectivity index (χ1) is 11.4. The third-order valence-corrected chi connectivity index (χ3v) is 4.98. The number of hydrogen-bond acceptors (Lipinski definition) is 4. The zero-order valence-electron chi connectivity index (χ0n) is 12.6. The number of piperazine rings is 1. The Kier molecular flexibility index (Phi) is 5.49. The van der Waals surface area contributed by atoms with Gasteiger partial charge in [-0.25, -0.2) is 0 Å². The fraction of sp³-hybridized carbons (Fsp3) is 0.375. The molecule has 1 aliphatic heterocycles. The number of ether oxygens (including phenoxy) is 1. The molecule has 3 nitrogen and oxygen atoms in total.